The van der Waals surface area contributed by atoms with E-state index >= 15 is 0 Å². The van der Waals surface area contributed by atoms with Crippen LogP contribution in [-0.4, -0.2) is 36.5 Å². The highest BCUT2D eigenvalue weighted by molar-refractivity contribution is 7.10. The summed E-state index contributed by atoms with van der Waals surface area (Å²) in [4.78, 5) is 15.7. The molecule has 2 heterocycles. The molecule has 1 amide bonds. The number of hydrogen-bond donors (Lipinski definition) is 2. The molecular formula is C16H29Cl2N3OS. The minimum atomic E-state index is -0.0824. The number of carbonyl (C=O) groups is 1. The summed E-state index contributed by atoms with van der Waals surface area (Å²) >= 11 is 1.77. The molecule has 1 fully saturated rings. The highest BCUT2D eigenvalue weighted by atomic mass is 35.5. The molecule has 0 aliphatic carbocycles. The molecule has 2 unspecified atom stereocenters. The largest absolute Gasteiger partial charge is 0.354 e. The summed E-state index contributed by atoms with van der Waals surface area (Å²) < 4.78 is 0. The van der Waals surface area contributed by atoms with Gasteiger partial charge in [0.25, 0.3) is 0 Å². The normalized spacial score (nSPS) is 18.4. The Kier molecular flexibility index (Phi) is 11.1. The summed E-state index contributed by atoms with van der Waals surface area (Å²) in [5.74, 6) is 0.870. The molecule has 0 aromatic carbocycles. The molecule has 1 aliphatic rings. The van der Waals surface area contributed by atoms with E-state index in [1.807, 2.05) is 6.92 Å². The molecule has 1 aromatic heterocycles. The van der Waals surface area contributed by atoms with E-state index in [9.17, 15) is 4.79 Å². The number of nitrogens with zero attached hydrogens (tertiary/aromatic N) is 1. The lowest BCUT2D eigenvalue weighted by Gasteiger charge is -2.36. The van der Waals surface area contributed by atoms with Crippen molar-refractivity contribution in [3.63, 3.8) is 0 Å². The average Bonchev–Trinajstić information content (AvgIpc) is 2.94. The van der Waals surface area contributed by atoms with Crippen molar-refractivity contribution in [3.05, 3.63) is 22.4 Å². The van der Waals surface area contributed by atoms with Gasteiger partial charge in [0.15, 0.2) is 0 Å². The van der Waals surface area contributed by atoms with Gasteiger partial charge in [0.1, 0.15) is 0 Å². The molecule has 0 spiro atoms. The van der Waals surface area contributed by atoms with Gasteiger partial charge in [-0.2, -0.15) is 0 Å². The third-order valence-corrected chi connectivity index (χ3v) is 5.10. The van der Waals surface area contributed by atoms with Gasteiger partial charge in [0.05, 0.1) is 6.04 Å². The van der Waals surface area contributed by atoms with Crippen LogP contribution in [0.5, 0.6) is 0 Å². The van der Waals surface area contributed by atoms with E-state index in [1.54, 1.807) is 11.3 Å². The number of piperidine rings is 1. The van der Waals surface area contributed by atoms with E-state index < -0.39 is 0 Å². The molecule has 4 nitrogen and oxygen atoms in total. The van der Waals surface area contributed by atoms with E-state index in [0.717, 1.165) is 19.0 Å². The fourth-order valence-corrected chi connectivity index (χ4v) is 3.67. The minimum absolute atomic E-state index is 0. The first-order chi connectivity index (χ1) is 10.1. The lowest BCUT2D eigenvalue weighted by atomic mass is 9.97. The van der Waals surface area contributed by atoms with Crippen molar-refractivity contribution < 1.29 is 4.79 Å². The summed E-state index contributed by atoms with van der Waals surface area (Å²) in [6.07, 6.45) is 2.89. The van der Waals surface area contributed by atoms with E-state index in [-0.39, 0.29) is 36.8 Å². The van der Waals surface area contributed by atoms with Crippen molar-refractivity contribution in [2.75, 3.05) is 19.6 Å². The van der Waals surface area contributed by atoms with Crippen molar-refractivity contribution in [2.24, 2.45) is 11.7 Å². The Hall–Kier alpha value is -0.330. The second kappa shape index (κ2) is 11.3. The molecule has 0 bridgehead atoms. The lowest BCUT2D eigenvalue weighted by molar-refractivity contribution is -0.121. The Morgan fingerprint density at radius 2 is 2.09 bits per heavy atom. The van der Waals surface area contributed by atoms with Crippen LogP contribution in [0.4, 0.5) is 0 Å². The Morgan fingerprint density at radius 3 is 2.61 bits per heavy atom. The molecule has 3 N–H and O–H groups in total. The van der Waals surface area contributed by atoms with Crippen LogP contribution in [0.25, 0.3) is 0 Å². The SMILES string of the molecule is CC(N)CC(=O)NCC(c1cccs1)N1CCC(C)CC1.Cl.Cl. The van der Waals surface area contributed by atoms with Gasteiger partial charge >= 0.3 is 0 Å². The Morgan fingerprint density at radius 1 is 1.43 bits per heavy atom. The van der Waals surface area contributed by atoms with Crippen molar-refractivity contribution >= 4 is 42.1 Å². The second-order valence-corrected chi connectivity index (χ2v) is 7.21. The van der Waals surface area contributed by atoms with Crippen molar-refractivity contribution in [1.82, 2.24) is 10.2 Å². The average molecular weight is 382 g/mol. The van der Waals surface area contributed by atoms with Gasteiger partial charge < -0.3 is 11.1 Å². The number of likely N-dealkylation sites (tertiary alicyclic amines) is 1. The number of amides is 1. The van der Waals surface area contributed by atoms with E-state index in [4.69, 9.17) is 5.73 Å². The van der Waals surface area contributed by atoms with E-state index in [1.165, 1.54) is 17.7 Å². The third-order valence-electron chi connectivity index (χ3n) is 4.13. The number of nitrogens with one attached hydrogen (secondary N) is 1. The molecule has 7 heteroatoms. The number of hydrogen-bond acceptors (Lipinski definition) is 4. The molecule has 2 rings (SSSR count). The van der Waals surface area contributed by atoms with Crippen molar-refractivity contribution in [2.45, 2.75) is 45.2 Å². The Bertz CT molecular complexity index is 435. The predicted octanol–water partition coefficient (Wildman–Crippen LogP) is 3.22. The summed E-state index contributed by atoms with van der Waals surface area (Å²) in [7, 11) is 0. The molecular weight excluding hydrogens is 353 g/mol. The lowest BCUT2D eigenvalue weighted by Crippen LogP contribution is -2.42. The van der Waals surface area contributed by atoms with E-state index in [2.05, 4.69) is 34.7 Å². The number of halogens is 2. The first kappa shape index (κ1) is 22.7. The van der Waals surface area contributed by atoms with Crippen LogP contribution in [0, 0.1) is 5.92 Å². The van der Waals surface area contributed by atoms with Crippen LogP contribution in [0.3, 0.4) is 0 Å². The fraction of sp³-hybridized carbons (Fsp3) is 0.688. The van der Waals surface area contributed by atoms with Gasteiger partial charge in [-0.15, -0.1) is 36.2 Å². The zero-order valence-corrected chi connectivity index (χ0v) is 16.3. The molecule has 1 aromatic rings. The molecule has 0 saturated carbocycles. The number of nitrogens with two attached hydrogens (primary N) is 1. The van der Waals surface area contributed by atoms with Crippen LogP contribution in [0.15, 0.2) is 17.5 Å². The fourth-order valence-electron chi connectivity index (χ4n) is 2.81. The van der Waals surface area contributed by atoms with Gasteiger partial charge in [0.2, 0.25) is 5.91 Å². The van der Waals surface area contributed by atoms with Crippen LogP contribution < -0.4 is 11.1 Å². The first-order valence-electron chi connectivity index (χ1n) is 7.86. The highest BCUT2D eigenvalue weighted by Gasteiger charge is 2.25. The number of carbonyl (C=O) groups excluding carboxylic acids is 1. The molecule has 23 heavy (non-hydrogen) atoms. The van der Waals surface area contributed by atoms with Gasteiger partial charge in [-0.25, -0.2) is 0 Å². The van der Waals surface area contributed by atoms with Crippen LogP contribution in [0.2, 0.25) is 0 Å². The van der Waals surface area contributed by atoms with Gasteiger partial charge in [-0.3, -0.25) is 9.69 Å². The quantitative estimate of drug-likeness (QED) is 0.794. The molecule has 0 radical (unpaired) electrons. The van der Waals surface area contributed by atoms with E-state index in [0.29, 0.717) is 19.0 Å². The Labute approximate surface area is 156 Å². The van der Waals surface area contributed by atoms with Crippen LogP contribution in [0.1, 0.15) is 44.0 Å². The second-order valence-electron chi connectivity index (χ2n) is 6.24. The van der Waals surface area contributed by atoms with Gasteiger partial charge in [-0.05, 0) is 50.2 Å². The maximum Gasteiger partial charge on any atom is 0.221 e. The Balaban J connectivity index is 0.00000242. The zero-order valence-electron chi connectivity index (χ0n) is 13.9. The van der Waals surface area contributed by atoms with Gasteiger partial charge in [0, 0.05) is 23.9 Å². The van der Waals surface area contributed by atoms with Crippen LogP contribution >= 0.6 is 36.2 Å². The monoisotopic (exact) mass is 381 g/mol. The van der Waals surface area contributed by atoms with Gasteiger partial charge in [-0.1, -0.05) is 13.0 Å². The maximum atomic E-state index is 11.9. The molecule has 2 atom stereocenters. The summed E-state index contributed by atoms with van der Waals surface area (Å²) in [5.41, 5.74) is 5.68. The maximum absolute atomic E-state index is 11.9. The predicted molar refractivity (Wildman–Crippen MR) is 103 cm³/mol. The molecule has 134 valence electrons. The highest BCUT2D eigenvalue weighted by Crippen LogP contribution is 2.29. The summed E-state index contributed by atoms with van der Waals surface area (Å²) in [6, 6.07) is 4.48. The topological polar surface area (TPSA) is 58.4 Å². The minimum Gasteiger partial charge on any atom is -0.354 e. The number of rotatable bonds is 6. The molecule has 1 aliphatic heterocycles. The van der Waals surface area contributed by atoms with Crippen LogP contribution in [-0.2, 0) is 4.79 Å². The summed E-state index contributed by atoms with van der Waals surface area (Å²) in [6.45, 7) is 7.10. The van der Waals surface area contributed by atoms with Crippen molar-refractivity contribution in [3.8, 4) is 0 Å². The first-order valence-corrected chi connectivity index (χ1v) is 8.74. The smallest absolute Gasteiger partial charge is 0.221 e. The third kappa shape index (κ3) is 7.40. The zero-order chi connectivity index (χ0) is 15.2. The number of thiophene rings is 1. The molecule has 1 saturated heterocycles. The standard InChI is InChI=1S/C16H27N3OS.2ClH/c1-12-5-7-19(8-6-12)14(15-4-3-9-21-15)11-18-16(20)10-13(2)17;;/h3-4,9,12-14H,5-8,10-11,17H2,1-2H3,(H,18,20);2*1H. The summed E-state index contributed by atoms with van der Waals surface area (Å²) in [5, 5.41) is 5.17. The van der Waals surface area contributed by atoms with Crippen molar-refractivity contribution in [1.29, 1.82) is 0 Å².